The summed E-state index contributed by atoms with van der Waals surface area (Å²) in [6.07, 6.45) is -0.335. The number of nitrogens with one attached hydrogen (secondary N) is 1. The highest BCUT2D eigenvalue weighted by Crippen LogP contribution is 2.20. The summed E-state index contributed by atoms with van der Waals surface area (Å²) in [5, 5.41) is 2.59. The van der Waals surface area contributed by atoms with Crippen molar-refractivity contribution in [3.05, 3.63) is 29.3 Å². The second kappa shape index (κ2) is 10.3. The Morgan fingerprint density at radius 1 is 1.00 bits per heavy atom. The summed E-state index contributed by atoms with van der Waals surface area (Å²) in [7, 11) is 0. The Bertz CT molecular complexity index is 765. The molecule has 0 unspecified atom stereocenters. The third-order valence-corrected chi connectivity index (χ3v) is 4.90. The van der Waals surface area contributed by atoms with Crippen LogP contribution in [0.5, 0.6) is 5.75 Å². The average Bonchev–Trinajstić information content (AvgIpc) is 2.67. The molecule has 0 bridgehead atoms. The summed E-state index contributed by atoms with van der Waals surface area (Å²) in [4.78, 5) is 39.8. The summed E-state index contributed by atoms with van der Waals surface area (Å²) in [5.41, 5.74) is 1.58. The van der Waals surface area contributed by atoms with Gasteiger partial charge >= 0.3 is 6.09 Å². The summed E-state index contributed by atoms with van der Waals surface area (Å²) in [6, 6.07) is 5.77. The van der Waals surface area contributed by atoms with Crippen LogP contribution in [0.1, 0.15) is 38.3 Å². The standard InChI is InChI=1S/C22H33N3O5/c1-16-7-6-8-18(17(16)2)29-15-20(27)25-13-11-24(12-14-25)19(26)9-10-23-21(28)30-22(3,4)5/h6-8H,9-15H2,1-5H3,(H,23,28). The van der Waals surface area contributed by atoms with Gasteiger partial charge in [-0.25, -0.2) is 4.79 Å². The molecule has 0 spiro atoms. The van der Waals surface area contributed by atoms with Gasteiger partial charge in [-0.3, -0.25) is 9.59 Å². The molecular formula is C22H33N3O5. The first-order chi connectivity index (χ1) is 14.1. The van der Waals surface area contributed by atoms with Crippen LogP contribution in [0.4, 0.5) is 4.79 Å². The van der Waals surface area contributed by atoms with Gasteiger partial charge in [0.25, 0.3) is 5.91 Å². The van der Waals surface area contributed by atoms with E-state index in [4.69, 9.17) is 9.47 Å². The molecule has 1 fully saturated rings. The number of alkyl carbamates (subject to hydrolysis) is 1. The topological polar surface area (TPSA) is 88.2 Å². The monoisotopic (exact) mass is 419 g/mol. The molecule has 8 nitrogen and oxygen atoms in total. The van der Waals surface area contributed by atoms with Gasteiger partial charge in [-0.15, -0.1) is 0 Å². The van der Waals surface area contributed by atoms with E-state index in [1.54, 1.807) is 30.6 Å². The first-order valence-corrected chi connectivity index (χ1v) is 10.3. The molecule has 8 heteroatoms. The van der Waals surface area contributed by atoms with Crippen LogP contribution < -0.4 is 10.1 Å². The number of hydrogen-bond acceptors (Lipinski definition) is 5. The highest BCUT2D eigenvalue weighted by Gasteiger charge is 2.24. The quantitative estimate of drug-likeness (QED) is 0.764. The van der Waals surface area contributed by atoms with Crippen molar-refractivity contribution >= 4 is 17.9 Å². The summed E-state index contributed by atoms with van der Waals surface area (Å²) in [6.45, 7) is 11.4. The number of hydrogen-bond donors (Lipinski definition) is 1. The zero-order valence-electron chi connectivity index (χ0n) is 18.6. The molecule has 30 heavy (non-hydrogen) atoms. The molecule has 1 saturated heterocycles. The van der Waals surface area contributed by atoms with Gasteiger partial charge in [0.1, 0.15) is 11.4 Å². The molecule has 0 radical (unpaired) electrons. The number of rotatable bonds is 6. The predicted molar refractivity (Wildman–Crippen MR) is 113 cm³/mol. The van der Waals surface area contributed by atoms with E-state index >= 15 is 0 Å². The third-order valence-electron chi connectivity index (χ3n) is 4.90. The molecule has 1 aliphatic rings. The number of amides is 3. The van der Waals surface area contributed by atoms with E-state index in [0.29, 0.717) is 26.2 Å². The smallest absolute Gasteiger partial charge is 0.407 e. The van der Waals surface area contributed by atoms with E-state index in [0.717, 1.165) is 16.9 Å². The highest BCUT2D eigenvalue weighted by atomic mass is 16.6. The molecule has 1 aromatic carbocycles. The summed E-state index contributed by atoms with van der Waals surface area (Å²) < 4.78 is 10.8. The van der Waals surface area contributed by atoms with Gasteiger partial charge in [0.15, 0.2) is 6.61 Å². The number of aryl methyl sites for hydroxylation is 1. The van der Waals surface area contributed by atoms with Crippen molar-refractivity contribution in [2.75, 3.05) is 39.3 Å². The molecule has 0 saturated carbocycles. The van der Waals surface area contributed by atoms with Crippen LogP contribution in [-0.2, 0) is 14.3 Å². The first kappa shape index (κ1) is 23.5. The van der Waals surface area contributed by atoms with Gasteiger partial charge in [0.05, 0.1) is 0 Å². The number of carbonyl (C=O) groups is 3. The maximum atomic E-state index is 12.4. The van der Waals surface area contributed by atoms with Crippen molar-refractivity contribution in [3.8, 4) is 5.75 Å². The van der Waals surface area contributed by atoms with Gasteiger partial charge in [0.2, 0.25) is 5.91 Å². The Balaban J connectivity index is 1.69. The van der Waals surface area contributed by atoms with Crippen LogP contribution in [0.2, 0.25) is 0 Å². The van der Waals surface area contributed by atoms with Crippen molar-refractivity contribution in [2.45, 2.75) is 46.6 Å². The Morgan fingerprint density at radius 2 is 1.60 bits per heavy atom. The minimum Gasteiger partial charge on any atom is -0.483 e. The van der Waals surface area contributed by atoms with Crippen molar-refractivity contribution in [1.29, 1.82) is 0 Å². The number of piperazine rings is 1. The number of ether oxygens (including phenoxy) is 2. The van der Waals surface area contributed by atoms with Gasteiger partial charge in [-0.05, 0) is 51.8 Å². The van der Waals surface area contributed by atoms with E-state index in [-0.39, 0.29) is 31.4 Å². The van der Waals surface area contributed by atoms with Crippen molar-refractivity contribution in [3.63, 3.8) is 0 Å². The lowest BCUT2D eigenvalue weighted by Crippen LogP contribution is -2.52. The molecule has 0 aromatic heterocycles. The fourth-order valence-corrected chi connectivity index (χ4v) is 3.06. The normalized spacial score (nSPS) is 14.3. The Morgan fingerprint density at radius 3 is 2.20 bits per heavy atom. The van der Waals surface area contributed by atoms with Gasteiger partial charge in [0, 0.05) is 39.1 Å². The van der Waals surface area contributed by atoms with E-state index in [1.165, 1.54) is 0 Å². The SMILES string of the molecule is Cc1cccc(OCC(=O)N2CCN(C(=O)CCNC(=O)OC(C)(C)C)CC2)c1C. The molecule has 1 aromatic rings. The van der Waals surface area contributed by atoms with Crippen LogP contribution in [-0.4, -0.2) is 72.6 Å². The molecule has 1 aliphatic heterocycles. The summed E-state index contributed by atoms with van der Waals surface area (Å²) in [5.74, 6) is 0.578. The lowest BCUT2D eigenvalue weighted by Gasteiger charge is -2.34. The molecule has 3 amide bonds. The van der Waals surface area contributed by atoms with Crippen molar-refractivity contribution < 1.29 is 23.9 Å². The lowest BCUT2D eigenvalue weighted by molar-refractivity contribution is -0.140. The average molecular weight is 420 g/mol. The van der Waals surface area contributed by atoms with Crippen LogP contribution in [0.25, 0.3) is 0 Å². The van der Waals surface area contributed by atoms with E-state index in [1.807, 2.05) is 32.0 Å². The fraction of sp³-hybridized carbons (Fsp3) is 0.591. The number of benzene rings is 1. The highest BCUT2D eigenvalue weighted by molar-refractivity contribution is 5.79. The largest absolute Gasteiger partial charge is 0.483 e. The second-order valence-electron chi connectivity index (χ2n) is 8.43. The molecule has 1 heterocycles. The predicted octanol–water partition coefficient (Wildman–Crippen LogP) is 2.27. The zero-order valence-corrected chi connectivity index (χ0v) is 18.6. The maximum Gasteiger partial charge on any atom is 0.407 e. The first-order valence-electron chi connectivity index (χ1n) is 10.3. The molecule has 0 atom stereocenters. The Hall–Kier alpha value is -2.77. The van der Waals surface area contributed by atoms with E-state index in [9.17, 15) is 14.4 Å². The van der Waals surface area contributed by atoms with Crippen molar-refractivity contribution in [2.24, 2.45) is 0 Å². The molecule has 0 aliphatic carbocycles. The van der Waals surface area contributed by atoms with Gasteiger partial charge in [-0.1, -0.05) is 12.1 Å². The number of nitrogens with zero attached hydrogens (tertiary/aromatic N) is 2. The van der Waals surface area contributed by atoms with Crippen molar-refractivity contribution in [1.82, 2.24) is 15.1 Å². The van der Waals surface area contributed by atoms with Gasteiger partial charge in [-0.2, -0.15) is 0 Å². The number of carbonyl (C=O) groups excluding carboxylic acids is 3. The fourth-order valence-electron chi connectivity index (χ4n) is 3.06. The lowest BCUT2D eigenvalue weighted by atomic mass is 10.1. The maximum absolute atomic E-state index is 12.4. The van der Waals surface area contributed by atoms with Gasteiger partial charge < -0.3 is 24.6 Å². The van der Waals surface area contributed by atoms with Crippen LogP contribution in [0.3, 0.4) is 0 Å². The Labute approximate surface area is 178 Å². The van der Waals surface area contributed by atoms with Crippen LogP contribution >= 0.6 is 0 Å². The van der Waals surface area contributed by atoms with Crippen LogP contribution in [0.15, 0.2) is 18.2 Å². The molecule has 166 valence electrons. The minimum absolute atomic E-state index is 0.0158. The molecular weight excluding hydrogens is 386 g/mol. The third kappa shape index (κ3) is 7.24. The van der Waals surface area contributed by atoms with E-state index < -0.39 is 11.7 Å². The van der Waals surface area contributed by atoms with E-state index in [2.05, 4.69) is 5.32 Å². The molecule has 2 rings (SSSR count). The minimum atomic E-state index is -0.571. The second-order valence-corrected chi connectivity index (χ2v) is 8.43. The summed E-state index contributed by atoms with van der Waals surface area (Å²) >= 11 is 0. The van der Waals surface area contributed by atoms with Crippen LogP contribution in [0, 0.1) is 13.8 Å². The Kier molecular flexibility index (Phi) is 8.08. The zero-order chi connectivity index (χ0) is 22.3. The molecule has 1 N–H and O–H groups in total.